The van der Waals surface area contributed by atoms with Gasteiger partial charge in [-0.2, -0.15) is 0 Å². The van der Waals surface area contributed by atoms with Crippen LogP contribution in [0.15, 0.2) is 42.5 Å². The fourth-order valence-electron chi connectivity index (χ4n) is 3.91. The fourth-order valence-corrected chi connectivity index (χ4v) is 3.91. The minimum Gasteiger partial charge on any atom is -0.493 e. The first-order chi connectivity index (χ1) is 14.6. The Balaban J connectivity index is 1.90. The molecule has 0 unspecified atom stereocenters. The van der Waals surface area contributed by atoms with Crippen LogP contribution in [-0.4, -0.2) is 56.0 Å². The molecule has 1 aliphatic heterocycles. The molecule has 0 bridgehead atoms. The third-order valence-electron chi connectivity index (χ3n) is 5.56. The molecular formula is C24H31NO5. The zero-order valence-electron chi connectivity index (χ0n) is 18.0. The highest BCUT2D eigenvalue weighted by Crippen LogP contribution is 2.36. The summed E-state index contributed by atoms with van der Waals surface area (Å²) in [7, 11) is 3.16. The van der Waals surface area contributed by atoms with Gasteiger partial charge in [-0.1, -0.05) is 31.5 Å². The van der Waals surface area contributed by atoms with Gasteiger partial charge in [-0.05, 0) is 48.2 Å². The highest BCUT2D eigenvalue weighted by Gasteiger charge is 2.37. The highest BCUT2D eigenvalue weighted by molar-refractivity contribution is 5.94. The van der Waals surface area contributed by atoms with E-state index in [1.54, 1.807) is 19.1 Å². The molecule has 2 aromatic carbocycles. The SMILES string of the molecule is CCCCc1ccc(C(=O)N2CCO[C@H](CO)[C@H]2c2ccc(OC)c(OC)c2)cc1. The maximum absolute atomic E-state index is 13.4. The number of hydrogen-bond donors (Lipinski definition) is 1. The van der Waals surface area contributed by atoms with Crippen molar-refractivity contribution in [3.8, 4) is 11.5 Å². The number of morpholine rings is 1. The van der Waals surface area contributed by atoms with Crippen molar-refractivity contribution in [2.24, 2.45) is 0 Å². The Labute approximate surface area is 178 Å². The average molecular weight is 414 g/mol. The summed E-state index contributed by atoms with van der Waals surface area (Å²) < 4.78 is 16.5. The van der Waals surface area contributed by atoms with E-state index in [0.717, 1.165) is 24.8 Å². The van der Waals surface area contributed by atoms with E-state index in [0.29, 0.717) is 30.2 Å². The predicted molar refractivity (Wildman–Crippen MR) is 115 cm³/mol. The molecule has 30 heavy (non-hydrogen) atoms. The number of aliphatic hydroxyl groups excluding tert-OH is 1. The Kier molecular flexibility index (Phi) is 7.71. The summed E-state index contributed by atoms with van der Waals surface area (Å²) >= 11 is 0. The number of aliphatic hydroxyl groups is 1. The normalized spacial score (nSPS) is 18.9. The van der Waals surface area contributed by atoms with E-state index < -0.39 is 12.1 Å². The standard InChI is InChI=1S/C24H31NO5/c1-4-5-6-17-7-9-18(10-8-17)24(27)25-13-14-30-22(16-26)23(25)19-11-12-20(28-2)21(15-19)29-3/h7-12,15,22-23,26H,4-6,13-14,16H2,1-3H3/t22-,23-/m1/s1. The lowest BCUT2D eigenvalue weighted by molar-refractivity contribution is -0.0811. The van der Waals surface area contributed by atoms with Crippen molar-refractivity contribution in [3.05, 3.63) is 59.2 Å². The van der Waals surface area contributed by atoms with E-state index in [9.17, 15) is 9.90 Å². The molecule has 2 atom stereocenters. The van der Waals surface area contributed by atoms with Crippen molar-refractivity contribution in [3.63, 3.8) is 0 Å². The predicted octanol–water partition coefficient (Wildman–Crippen LogP) is 3.62. The van der Waals surface area contributed by atoms with Crippen LogP contribution >= 0.6 is 0 Å². The second-order valence-electron chi connectivity index (χ2n) is 7.45. The monoisotopic (exact) mass is 413 g/mol. The third-order valence-corrected chi connectivity index (χ3v) is 5.56. The summed E-state index contributed by atoms with van der Waals surface area (Å²) in [4.78, 5) is 15.2. The number of benzene rings is 2. The number of carbonyl (C=O) groups excluding carboxylic acids is 1. The minimum atomic E-state index is -0.510. The first-order valence-electron chi connectivity index (χ1n) is 10.5. The molecule has 6 heteroatoms. The lowest BCUT2D eigenvalue weighted by Crippen LogP contribution is -2.49. The van der Waals surface area contributed by atoms with Crippen molar-refractivity contribution in [2.45, 2.75) is 38.3 Å². The van der Waals surface area contributed by atoms with Crippen LogP contribution < -0.4 is 9.47 Å². The van der Waals surface area contributed by atoms with Crippen LogP contribution in [-0.2, 0) is 11.2 Å². The summed E-state index contributed by atoms with van der Waals surface area (Å²) in [6.45, 7) is 2.82. The van der Waals surface area contributed by atoms with Gasteiger partial charge >= 0.3 is 0 Å². The molecule has 0 radical (unpaired) electrons. The summed E-state index contributed by atoms with van der Waals surface area (Å²) in [6.07, 6.45) is 2.79. The number of carbonyl (C=O) groups is 1. The Morgan fingerprint density at radius 1 is 1.13 bits per heavy atom. The van der Waals surface area contributed by atoms with Gasteiger partial charge in [-0.15, -0.1) is 0 Å². The topological polar surface area (TPSA) is 68.2 Å². The van der Waals surface area contributed by atoms with Gasteiger partial charge in [0.15, 0.2) is 11.5 Å². The Hall–Kier alpha value is -2.57. The number of nitrogens with zero attached hydrogens (tertiary/aromatic N) is 1. The molecule has 1 fully saturated rings. The van der Waals surface area contributed by atoms with Crippen molar-refractivity contribution in [1.82, 2.24) is 4.90 Å². The molecule has 0 saturated carbocycles. The van der Waals surface area contributed by atoms with Crippen LogP contribution in [0.4, 0.5) is 0 Å². The second kappa shape index (κ2) is 10.5. The van der Waals surface area contributed by atoms with Crippen LogP contribution in [0, 0.1) is 0 Å². The van der Waals surface area contributed by atoms with Crippen LogP contribution in [0.3, 0.4) is 0 Å². The van der Waals surface area contributed by atoms with Crippen molar-refractivity contribution in [1.29, 1.82) is 0 Å². The Morgan fingerprint density at radius 3 is 2.50 bits per heavy atom. The first kappa shape index (κ1) is 22.1. The van der Waals surface area contributed by atoms with Gasteiger partial charge in [-0.3, -0.25) is 4.79 Å². The molecule has 0 aliphatic carbocycles. The number of methoxy groups -OCH3 is 2. The van der Waals surface area contributed by atoms with Crippen molar-refractivity contribution < 1.29 is 24.1 Å². The lowest BCUT2D eigenvalue weighted by atomic mass is 9.96. The number of unbranched alkanes of at least 4 members (excludes halogenated alkanes) is 1. The highest BCUT2D eigenvalue weighted by atomic mass is 16.5. The fraction of sp³-hybridized carbons (Fsp3) is 0.458. The second-order valence-corrected chi connectivity index (χ2v) is 7.45. The molecule has 1 aliphatic rings. The van der Waals surface area contributed by atoms with Crippen LogP contribution in [0.5, 0.6) is 11.5 Å². The van der Waals surface area contributed by atoms with Crippen molar-refractivity contribution in [2.75, 3.05) is 34.0 Å². The molecule has 1 saturated heterocycles. The number of amides is 1. The third kappa shape index (κ3) is 4.77. The van der Waals surface area contributed by atoms with Crippen LogP contribution in [0.1, 0.15) is 47.3 Å². The Morgan fingerprint density at radius 2 is 1.87 bits per heavy atom. The van der Waals surface area contributed by atoms with Crippen LogP contribution in [0.2, 0.25) is 0 Å². The average Bonchev–Trinajstić information content (AvgIpc) is 2.81. The number of rotatable bonds is 8. The zero-order valence-corrected chi connectivity index (χ0v) is 18.0. The number of hydrogen-bond acceptors (Lipinski definition) is 5. The molecular weight excluding hydrogens is 382 g/mol. The van der Waals surface area contributed by atoms with E-state index in [-0.39, 0.29) is 12.5 Å². The molecule has 1 heterocycles. The van der Waals surface area contributed by atoms with E-state index in [1.807, 2.05) is 42.5 Å². The summed E-state index contributed by atoms with van der Waals surface area (Å²) in [5.74, 6) is 1.11. The van der Waals surface area contributed by atoms with Gasteiger partial charge in [0.1, 0.15) is 6.10 Å². The largest absolute Gasteiger partial charge is 0.493 e. The van der Waals surface area contributed by atoms with Gasteiger partial charge in [0.05, 0.1) is 33.5 Å². The van der Waals surface area contributed by atoms with E-state index in [4.69, 9.17) is 14.2 Å². The smallest absolute Gasteiger partial charge is 0.254 e. The number of aryl methyl sites for hydroxylation is 1. The molecule has 3 rings (SSSR count). The maximum atomic E-state index is 13.4. The molecule has 0 aromatic heterocycles. The summed E-state index contributed by atoms with van der Waals surface area (Å²) in [5.41, 5.74) is 2.71. The quantitative estimate of drug-likeness (QED) is 0.716. The molecule has 6 nitrogen and oxygen atoms in total. The minimum absolute atomic E-state index is 0.0708. The Bertz CT molecular complexity index is 836. The lowest BCUT2D eigenvalue weighted by Gasteiger charge is -2.41. The molecule has 1 amide bonds. The van der Waals surface area contributed by atoms with Gasteiger partial charge in [-0.25, -0.2) is 0 Å². The summed E-state index contributed by atoms with van der Waals surface area (Å²) in [6, 6.07) is 13.0. The first-order valence-corrected chi connectivity index (χ1v) is 10.5. The number of ether oxygens (including phenoxy) is 3. The van der Waals surface area contributed by atoms with E-state index >= 15 is 0 Å². The van der Waals surface area contributed by atoms with E-state index in [2.05, 4.69) is 6.92 Å². The van der Waals surface area contributed by atoms with Gasteiger partial charge in [0.2, 0.25) is 0 Å². The van der Waals surface area contributed by atoms with Gasteiger partial charge in [0.25, 0.3) is 5.91 Å². The summed E-state index contributed by atoms with van der Waals surface area (Å²) in [5, 5.41) is 9.92. The maximum Gasteiger partial charge on any atom is 0.254 e. The van der Waals surface area contributed by atoms with Crippen LogP contribution in [0.25, 0.3) is 0 Å². The van der Waals surface area contributed by atoms with Gasteiger partial charge in [0, 0.05) is 12.1 Å². The molecule has 1 N–H and O–H groups in total. The molecule has 2 aromatic rings. The van der Waals surface area contributed by atoms with Crippen molar-refractivity contribution >= 4 is 5.91 Å². The van der Waals surface area contributed by atoms with Gasteiger partial charge < -0.3 is 24.2 Å². The molecule has 162 valence electrons. The zero-order chi connectivity index (χ0) is 21.5. The molecule has 0 spiro atoms. The van der Waals surface area contributed by atoms with E-state index in [1.165, 1.54) is 5.56 Å².